The summed E-state index contributed by atoms with van der Waals surface area (Å²) in [6, 6.07) is 0. The first-order chi connectivity index (χ1) is 8.47. The Morgan fingerprint density at radius 1 is 1.67 bits per heavy atom. The number of sulfonamides is 1. The van der Waals surface area contributed by atoms with Gasteiger partial charge in [-0.2, -0.15) is 16.9 Å². The summed E-state index contributed by atoms with van der Waals surface area (Å²) in [5.41, 5.74) is 0.284. The number of thioether (sulfide) groups is 1. The third-order valence-corrected chi connectivity index (χ3v) is 6.01. The Morgan fingerprint density at radius 2 is 2.44 bits per heavy atom. The Balaban J connectivity index is 2.08. The fourth-order valence-corrected chi connectivity index (χ4v) is 4.56. The molecule has 1 aromatic rings. The molecule has 2 rings (SSSR count). The number of hydrogen-bond acceptors (Lipinski definition) is 5. The molecule has 0 bridgehead atoms. The van der Waals surface area contributed by atoms with E-state index in [1.165, 1.54) is 6.20 Å². The lowest BCUT2D eigenvalue weighted by molar-refractivity contribution is 0.278. The van der Waals surface area contributed by atoms with Gasteiger partial charge in [-0.25, -0.2) is 13.1 Å². The summed E-state index contributed by atoms with van der Waals surface area (Å²) in [4.78, 5) is 0. The number of nitrogens with one attached hydrogen (secondary N) is 2. The van der Waals surface area contributed by atoms with Crippen LogP contribution in [0.2, 0.25) is 0 Å². The molecule has 3 N–H and O–H groups in total. The Bertz CT molecular complexity index is 506. The average Bonchev–Trinajstić information content (AvgIpc) is 2.96. The Labute approximate surface area is 111 Å². The van der Waals surface area contributed by atoms with E-state index in [1.807, 2.05) is 0 Å². The summed E-state index contributed by atoms with van der Waals surface area (Å²) in [7, 11) is -3.63. The number of aromatic nitrogens is 2. The smallest absolute Gasteiger partial charge is 0.257 e. The van der Waals surface area contributed by atoms with Crippen LogP contribution in [0.4, 0.5) is 0 Å². The zero-order valence-corrected chi connectivity index (χ0v) is 11.8. The molecular formula is C10H17N3O3S2. The van der Waals surface area contributed by atoms with Crippen LogP contribution in [0.25, 0.3) is 0 Å². The number of aromatic amines is 1. The molecule has 1 fully saturated rings. The average molecular weight is 291 g/mol. The van der Waals surface area contributed by atoms with Crippen LogP contribution in [-0.4, -0.2) is 40.8 Å². The quantitative estimate of drug-likeness (QED) is 0.733. The molecule has 0 amide bonds. The number of H-pyrrole nitrogens is 1. The largest absolute Gasteiger partial charge is 0.392 e. The number of aliphatic hydroxyl groups is 1. The molecule has 0 radical (unpaired) electrons. The minimum absolute atomic E-state index is 0.0352. The fraction of sp³-hybridized carbons (Fsp3) is 0.700. The second-order valence-electron chi connectivity index (χ2n) is 4.61. The van der Waals surface area contributed by atoms with Crippen molar-refractivity contribution in [2.45, 2.75) is 36.1 Å². The summed E-state index contributed by atoms with van der Waals surface area (Å²) >= 11 is 1.79. The fourth-order valence-electron chi connectivity index (χ4n) is 1.94. The van der Waals surface area contributed by atoms with Crippen LogP contribution in [0.15, 0.2) is 11.2 Å². The normalized spacial score (nSPS) is 24.6. The molecule has 1 atom stereocenters. The van der Waals surface area contributed by atoms with Crippen LogP contribution in [-0.2, 0) is 16.6 Å². The van der Waals surface area contributed by atoms with Gasteiger partial charge in [0.25, 0.3) is 10.0 Å². The van der Waals surface area contributed by atoms with Crippen molar-refractivity contribution in [2.24, 2.45) is 0 Å². The van der Waals surface area contributed by atoms with Gasteiger partial charge in [0.1, 0.15) is 0 Å². The first-order valence-electron chi connectivity index (χ1n) is 5.74. The molecule has 0 spiro atoms. The lowest BCUT2D eigenvalue weighted by Crippen LogP contribution is -2.37. The van der Waals surface area contributed by atoms with Gasteiger partial charge in [0.15, 0.2) is 5.03 Å². The van der Waals surface area contributed by atoms with E-state index in [-0.39, 0.29) is 21.9 Å². The van der Waals surface area contributed by atoms with Crippen molar-refractivity contribution in [2.75, 3.05) is 12.3 Å². The highest BCUT2D eigenvalue weighted by molar-refractivity contribution is 8.01. The van der Waals surface area contributed by atoms with Gasteiger partial charge < -0.3 is 5.11 Å². The second-order valence-corrected chi connectivity index (χ2v) is 8.00. The lowest BCUT2D eigenvalue weighted by Gasteiger charge is -2.22. The van der Waals surface area contributed by atoms with Gasteiger partial charge in [-0.15, -0.1) is 0 Å². The van der Waals surface area contributed by atoms with Crippen LogP contribution in [0, 0.1) is 0 Å². The number of hydrogen-bond donors (Lipinski definition) is 3. The third kappa shape index (κ3) is 2.87. The van der Waals surface area contributed by atoms with Gasteiger partial charge >= 0.3 is 0 Å². The highest BCUT2D eigenvalue weighted by Gasteiger charge is 2.32. The first kappa shape index (κ1) is 13.9. The Hall–Kier alpha value is -0.570. The minimum Gasteiger partial charge on any atom is -0.392 e. The van der Waals surface area contributed by atoms with E-state index in [1.54, 1.807) is 11.8 Å². The molecule has 8 heteroatoms. The van der Waals surface area contributed by atoms with Crippen molar-refractivity contribution >= 4 is 21.8 Å². The molecule has 0 aromatic carbocycles. The molecule has 1 aliphatic heterocycles. The zero-order valence-electron chi connectivity index (χ0n) is 10.1. The summed E-state index contributed by atoms with van der Waals surface area (Å²) in [6.07, 6.45) is 3.45. The summed E-state index contributed by atoms with van der Waals surface area (Å²) in [5.74, 6) is 1.07. The maximum atomic E-state index is 12.1. The molecule has 102 valence electrons. The summed E-state index contributed by atoms with van der Waals surface area (Å²) in [6.45, 7) is 2.11. The molecule has 0 saturated carbocycles. The zero-order chi connectivity index (χ0) is 13.2. The van der Waals surface area contributed by atoms with E-state index in [0.717, 1.165) is 18.6 Å². The van der Waals surface area contributed by atoms with Crippen molar-refractivity contribution < 1.29 is 13.5 Å². The third-order valence-electron chi connectivity index (χ3n) is 3.05. The van der Waals surface area contributed by atoms with Gasteiger partial charge in [0.05, 0.1) is 12.8 Å². The number of nitrogens with zero attached hydrogens (tertiary/aromatic N) is 1. The van der Waals surface area contributed by atoms with Crippen molar-refractivity contribution in [3.8, 4) is 0 Å². The number of rotatable bonds is 5. The van der Waals surface area contributed by atoms with Crippen LogP contribution >= 0.6 is 11.8 Å². The predicted octanol–water partition coefficient (Wildman–Crippen LogP) is 0.466. The molecular weight excluding hydrogens is 274 g/mol. The SMILES string of the molecule is CC1(CNS(=O)(=O)c2[nH]ncc2CO)CCCS1. The molecule has 2 heterocycles. The van der Waals surface area contributed by atoms with Crippen LogP contribution < -0.4 is 4.72 Å². The van der Waals surface area contributed by atoms with Gasteiger partial charge in [-0.05, 0) is 25.5 Å². The van der Waals surface area contributed by atoms with E-state index in [0.29, 0.717) is 6.54 Å². The standard InChI is InChI=1S/C10H17N3O3S2/c1-10(3-2-4-17-10)7-12-18(15,16)9-8(6-14)5-11-13-9/h5,12,14H,2-4,6-7H2,1H3,(H,11,13). The van der Waals surface area contributed by atoms with Crippen molar-refractivity contribution in [3.63, 3.8) is 0 Å². The topological polar surface area (TPSA) is 95.1 Å². The van der Waals surface area contributed by atoms with Crippen LogP contribution in [0.5, 0.6) is 0 Å². The van der Waals surface area contributed by atoms with E-state index in [4.69, 9.17) is 5.11 Å². The van der Waals surface area contributed by atoms with Crippen LogP contribution in [0.3, 0.4) is 0 Å². The van der Waals surface area contributed by atoms with E-state index in [2.05, 4.69) is 21.8 Å². The van der Waals surface area contributed by atoms with Crippen molar-refractivity contribution in [1.29, 1.82) is 0 Å². The van der Waals surface area contributed by atoms with Crippen LogP contribution in [0.1, 0.15) is 25.3 Å². The van der Waals surface area contributed by atoms with Gasteiger partial charge in [-0.3, -0.25) is 5.10 Å². The molecule has 6 nitrogen and oxygen atoms in total. The monoisotopic (exact) mass is 291 g/mol. The van der Waals surface area contributed by atoms with Gasteiger partial charge in [0, 0.05) is 16.9 Å². The van der Waals surface area contributed by atoms with Gasteiger partial charge in [-0.1, -0.05) is 0 Å². The van der Waals surface area contributed by atoms with Gasteiger partial charge in [0.2, 0.25) is 0 Å². The molecule has 1 aliphatic rings. The van der Waals surface area contributed by atoms with Crippen molar-refractivity contribution in [1.82, 2.24) is 14.9 Å². The first-order valence-corrected chi connectivity index (χ1v) is 8.20. The lowest BCUT2D eigenvalue weighted by atomic mass is 10.1. The van der Waals surface area contributed by atoms with Crippen molar-refractivity contribution in [3.05, 3.63) is 11.8 Å². The van der Waals surface area contributed by atoms with E-state index >= 15 is 0 Å². The molecule has 1 saturated heterocycles. The number of aliphatic hydroxyl groups excluding tert-OH is 1. The minimum atomic E-state index is -3.63. The summed E-state index contributed by atoms with van der Waals surface area (Å²) < 4.78 is 26.7. The Kier molecular flexibility index (Phi) is 4.00. The molecule has 1 aromatic heterocycles. The van der Waals surface area contributed by atoms with E-state index < -0.39 is 10.0 Å². The maximum Gasteiger partial charge on any atom is 0.257 e. The highest BCUT2D eigenvalue weighted by atomic mass is 32.2. The molecule has 1 unspecified atom stereocenters. The highest BCUT2D eigenvalue weighted by Crippen LogP contribution is 2.37. The molecule has 0 aliphatic carbocycles. The summed E-state index contributed by atoms with van der Waals surface area (Å²) in [5, 5.41) is 15.1. The van der Waals surface area contributed by atoms with E-state index in [9.17, 15) is 8.42 Å². The predicted molar refractivity (Wildman–Crippen MR) is 69.8 cm³/mol. The maximum absolute atomic E-state index is 12.1. The second kappa shape index (κ2) is 5.20. The molecule has 18 heavy (non-hydrogen) atoms. The Morgan fingerprint density at radius 3 is 3.06 bits per heavy atom.